The number of nitrogens with zero attached hydrogens (tertiary/aromatic N) is 4. The third-order valence-corrected chi connectivity index (χ3v) is 6.56. The summed E-state index contributed by atoms with van der Waals surface area (Å²) in [6.45, 7) is 5.42. The third kappa shape index (κ3) is 4.38. The number of fused-ring (bicyclic) bond motifs is 1. The lowest BCUT2D eigenvalue weighted by Crippen LogP contribution is -2.19. The number of aliphatic hydroxyl groups excluding tert-OH is 1. The summed E-state index contributed by atoms with van der Waals surface area (Å²) in [5, 5.41) is 17.3. The largest absolute Gasteiger partial charge is 0.396 e. The molecule has 0 amide bonds. The molecule has 30 heavy (non-hydrogen) atoms. The van der Waals surface area contributed by atoms with Crippen molar-refractivity contribution in [2.75, 3.05) is 37.5 Å². The number of aromatic nitrogens is 4. The maximum Gasteiger partial charge on any atom is 0.224 e. The monoisotopic (exact) mass is 428 g/mol. The molecule has 2 unspecified atom stereocenters. The molecule has 9 heteroatoms. The van der Waals surface area contributed by atoms with Crippen LogP contribution in [0.4, 0.5) is 11.8 Å². The van der Waals surface area contributed by atoms with E-state index in [1.54, 1.807) is 18.4 Å². The van der Waals surface area contributed by atoms with E-state index in [9.17, 15) is 5.11 Å². The summed E-state index contributed by atoms with van der Waals surface area (Å²) in [4.78, 5) is 18.7. The Morgan fingerprint density at radius 3 is 2.80 bits per heavy atom. The second-order valence-corrected chi connectivity index (χ2v) is 8.77. The van der Waals surface area contributed by atoms with E-state index < -0.39 is 0 Å². The number of methoxy groups -OCH3 is 1. The second kappa shape index (κ2) is 9.20. The predicted octanol–water partition coefficient (Wildman–Crippen LogP) is 3.40. The summed E-state index contributed by atoms with van der Waals surface area (Å²) in [5.74, 6) is 1.71. The highest BCUT2D eigenvalue weighted by Gasteiger charge is 2.26. The number of anilines is 2. The number of thiazole rings is 1. The molecule has 2 atom stereocenters. The molecule has 160 valence electrons. The molecular weight excluding hydrogens is 400 g/mol. The van der Waals surface area contributed by atoms with Gasteiger partial charge in [0.05, 0.1) is 28.3 Å². The lowest BCUT2D eigenvalue weighted by Gasteiger charge is -2.18. The molecule has 4 rings (SSSR count). The van der Waals surface area contributed by atoms with Gasteiger partial charge in [0.25, 0.3) is 0 Å². The van der Waals surface area contributed by atoms with Gasteiger partial charge in [-0.2, -0.15) is 4.98 Å². The van der Waals surface area contributed by atoms with Crippen molar-refractivity contribution in [3.8, 4) is 10.6 Å². The van der Waals surface area contributed by atoms with Crippen LogP contribution in [0.5, 0.6) is 0 Å². The summed E-state index contributed by atoms with van der Waals surface area (Å²) < 4.78 is 6.23. The highest BCUT2D eigenvalue weighted by atomic mass is 32.1. The van der Waals surface area contributed by atoms with Gasteiger partial charge in [-0.05, 0) is 45.1 Å². The predicted molar refractivity (Wildman–Crippen MR) is 120 cm³/mol. The van der Waals surface area contributed by atoms with Gasteiger partial charge in [-0.25, -0.2) is 9.97 Å². The first-order chi connectivity index (χ1) is 14.6. The van der Waals surface area contributed by atoms with Crippen molar-refractivity contribution in [2.45, 2.75) is 39.2 Å². The lowest BCUT2D eigenvalue weighted by atomic mass is 10.1. The van der Waals surface area contributed by atoms with E-state index in [0.29, 0.717) is 25.0 Å². The number of pyridine rings is 1. The van der Waals surface area contributed by atoms with Crippen molar-refractivity contribution in [3.63, 3.8) is 0 Å². The number of aliphatic hydroxyl groups is 1. The first-order valence-corrected chi connectivity index (χ1v) is 11.1. The van der Waals surface area contributed by atoms with Gasteiger partial charge in [0.1, 0.15) is 16.3 Å². The van der Waals surface area contributed by atoms with E-state index in [-0.39, 0.29) is 12.6 Å². The minimum absolute atomic E-state index is 0.238. The average molecular weight is 429 g/mol. The maximum absolute atomic E-state index is 9.51. The van der Waals surface area contributed by atoms with Crippen molar-refractivity contribution in [1.29, 1.82) is 0 Å². The van der Waals surface area contributed by atoms with Crippen LogP contribution in [0, 0.1) is 19.8 Å². The molecule has 1 aliphatic rings. The summed E-state index contributed by atoms with van der Waals surface area (Å²) in [6.07, 6.45) is 4.80. The van der Waals surface area contributed by atoms with Crippen LogP contribution in [-0.4, -0.2) is 58.0 Å². The topological polar surface area (TPSA) is 105 Å². The number of ether oxygens (including phenoxy) is 1. The van der Waals surface area contributed by atoms with Crippen molar-refractivity contribution < 1.29 is 9.84 Å². The standard InChI is InChI=1S/C21H28N6O2S/c1-12-17(20-26-18-13(2)22-7-6-16(18)30-20)19(25-15-5-4-14(10-15)11-28)27-21(24-12)23-8-9-29-3/h6-7,14-15,28H,4-5,8-11H2,1-3H3,(H2,23,24,25,27). The number of nitrogens with one attached hydrogen (secondary N) is 2. The first-order valence-electron chi connectivity index (χ1n) is 10.3. The maximum atomic E-state index is 9.51. The highest BCUT2D eigenvalue weighted by molar-refractivity contribution is 7.21. The quantitative estimate of drug-likeness (QED) is 0.469. The van der Waals surface area contributed by atoms with Gasteiger partial charge in [-0.3, -0.25) is 4.98 Å². The molecule has 3 heterocycles. The van der Waals surface area contributed by atoms with Crippen molar-refractivity contribution >= 4 is 33.3 Å². The molecule has 0 bridgehead atoms. The van der Waals surface area contributed by atoms with Gasteiger partial charge >= 0.3 is 0 Å². The van der Waals surface area contributed by atoms with Crippen LogP contribution in [0.1, 0.15) is 30.7 Å². The Morgan fingerprint density at radius 2 is 2.07 bits per heavy atom. The molecule has 0 aromatic carbocycles. The van der Waals surface area contributed by atoms with E-state index in [1.807, 2.05) is 26.1 Å². The van der Waals surface area contributed by atoms with Gasteiger partial charge < -0.3 is 20.5 Å². The molecule has 3 N–H and O–H groups in total. The molecule has 0 spiro atoms. The zero-order valence-electron chi connectivity index (χ0n) is 17.6. The molecular formula is C21H28N6O2S. The summed E-state index contributed by atoms with van der Waals surface area (Å²) >= 11 is 1.63. The summed E-state index contributed by atoms with van der Waals surface area (Å²) in [5.41, 5.74) is 3.64. The third-order valence-electron chi connectivity index (χ3n) is 5.52. The average Bonchev–Trinajstić information content (AvgIpc) is 3.35. The fourth-order valence-corrected chi connectivity index (χ4v) is 5.04. The second-order valence-electron chi connectivity index (χ2n) is 7.74. The fourth-order valence-electron chi connectivity index (χ4n) is 3.93. The van der Waals surface area contributed by atoms with Crippen molar-refractivity contribution in [1.82, 2.24) is 19.9 Å². The summed E-state index contributed by atoms with van der Waals surface area (Å²) in [6, 6.07) is 2.27. The van der Waals surface area contributed by atoms with Crippen LogP contribution in [0.25, 0.3) is 20.8 Å². The van der Waals surface area contributed by atoms with Crippen LogP contribution in [0.15, 0.2) is 12.3 Å². The van der Waals surface area contributed by atoms with Crippen molar-refractivity contribution in [3.05, 3.63) is 23.7 Å². The Bertz CT molecular complexity index is 1020. The van der Waals surface area contributed by atoms with Gasteiger partial charge in [0.15, 0.2) is 0 Å². The van der Waals surface area contributed by atoms with Gasteiger partial charge in [0, 0.05) is 32.5 Å². The van der Waals surface area contributed by atoms with Gasteiger partial charge in [-0.15, -0.1) is 11.3 Å². The zero-order valence-corrected chi connectivity index (χ0v) is 18.4. The van der Waals surface area contributed by atoms with Gasteiger partial charge in [-0.1, -0.05) is 0 Å². The zero-order chi connectivity index (χ0) is 21.1. The normalized spacial score (nSPS) is 18.8. The van der Waals surface area contributed by atoms with Crippen LogP contribution >= 0.6 is 11.3 Å². The van der Waals surface area contributed by atoms with E-state index in [0.717, 1.165) is 57.3 Å². The molecule has 3 aromatic heterocycles. The Labute approximate surface area is 180 Å². The number of rotatable bonds is 8. The molecule has 1 saturated carbocycles. The first kappa shape index (κ1) is 20.9. The minimum Gasteiger partial charge on any atom is -0.396 e. The number of hydrogen-bond acceptors (Lipinski definition) is 9. The van der Waals surface area contributed by atoms with E-state index in [2.05, 4.69) is 20.6 Å². The van der Waals surface area contributed by atoms with Crippen molar-refractivity contribution in [2.24, 2.45) is 5.92 Å². The number of aryl methyl sites for hydroxylation is 2. The Balaban J connectivity index is 1.72. The fraction of sp³-hybridized carbons (Fsp3) is 0.524. The Kier molecular flexibility index (Phi) is 6.40. The summed E-state index contributed by atoms with van der Waals surface area (Å²) in [7, 11) is 1.67. The highest BCUT2D eigenvalue weighted by Crippen LogP contribution is 2.38. The molecule has 8 nitrogen and oxygen atoms in total. The SMILES string of the molecule is COCCNc1nc(C)c(-c2nc3c(C)nccc3s2)c(NC2CCC(CO)C2)n1. The van der Waals surface area contributed by atoms with Crippen LogP contribution in [0.3, 0.4) is 0 Å². The molecule has 0 saturated heterocycles. The molecule has 1 aliphatic carbocycles. The lowest BCUT2D eigenvalue weighted by molar-refractivity contribution is 0.210. The van der Waals surface area contributed by atoms with E-state index in [1.165, 1.54) is 0 Å². The van der Waals surface area contributed by atoms with Crippen LogP contribution < -0.4 is 10.6 Å². The minimum atomic E-state index is 0.238. The van der Waals surface area contributed by atoms with Crippen LogP contribution in [0.2, 0.25) is 0 Å². The molecule has 0 aliphatic heterocycles. The molecule has 1 fully saturated rings. The molecule has 3 aromatic rings. The Hall–Kier alpha value is -2.36. The molecule has 0 radical (unpaired) electrons. The van der Waals surface area contributed by atoms with Crippen LogP contribution in [-0.2, 0) is 4.74 Å². The number of hydrogen-bond donors (Lipinski definition) is 3. The smallest absolute Gasteiger partial charge is 0.224 e. The Morgan fingerprint density at radius 1 is 1.20 bits per heavy atom. The van der Waals surface area contributed by atoms with Gasteiger partial charge in [0.2, 0.25) is 5.95 Å². The van der Waals surface area contributed by atoms with E-state index in [4.69, 9.17) is 14.7 Å². The van der Waals surface area contributed by atoms with E-state index >= 15 is 0 Å².